The maximum atomic E-state index is 13.2. The summed E-state index contributed by atoms with van der Waals surface area (Å²) < 4.78 is 0.435. The normalized spacial score (nSPS) is 12.5. The molecule has 0 aromatic heterocycles. The molecule has 0 fully saturated rings. The lowest BCUT2D eigenvalue weighted by atomic mass is 9.81. The average molecular weight is 439 g/mol. The van der Waals surface area contributed by atoms with Gasteiger partial charge >= 0.3 is 0 Å². The second-order valence-electron chi connectivity index (χ2n) is 6.57. The fraction of sp³-hybridized carbons (Fsp3) is 0.0476. The van der Waals surface area contributed by atoms with E-state index in [0.717, 1.165) is 11.3 Å². The quantitative estimate of drug-likeness (QED) is 0.274. The number of benzene rings is 3. The van der Waals surface area contributed by atoms with Gasteiger partial charge in [0.15, 0.2) is 0 Å². The number of rotatable bonds is 2. The van der Waals surface area contributed by atoms with E-state index >= 15 is 0 Å². The molecule has 28 heavy (non-hydrogen) atoms. The number of ketones is 2. The second-order valence-corrected chi connectivity index (χ2v) is 7.43. The smallest absolute Gasteiger partial charge is 0.200 e. The highest BCUT2D eigenvalue weighted by Gasteiger charge is 2.38. The van der Waals surface area contributed by atoms with Crippen molar-refractivity contribution in [3.63, 3.8) is 0 Å². The number of halogens is 1. The van der Waals surface area contributed by atoms with Crippen LogP contribution >= 0.6 is 15.9 Å². The van der Waals surface area contributed by atoms with Crippen LogP contribution in [-0.2, 0) is 0 Å². The highest BCUT2D eigenvalue weighted by Crippen LogP contribution is 2.44. The Hall–Kier alpha value is -3.32. The minimum Gasteiger partial charge on any atom is -0.507 e. The molecule has 0 saturated heterocycles. The number of carbonyl (C=O) groups is 2. The highest BCUT2D eigenvalue weighted by atomic mass is 79.9. The molecule has 0 unspecified atom stereocenters. The van der Waals surface area contributed by atoms with Crippen LogP contribution < -0.4 is 11.1 Å². The van der Waals surface area contributed by atoms with Crippen molar-refractivity contribution in [2.75, 3.05) is 11.1 Å². The number of phenols is 2. The summed E-state index contributed by atoms with van der Waals surface area (Å²) in [6.45, 7) is 1.96. The highest BCUT2D eigenvalue weighted by molar-refractivity contribution is 9.10. The third-order valence-electron chi connectivity index (χ3n) is 4.72. The number of nitrogen functional groups attached to an aromatic ring is 1. The summed E-state index contributed by atoms with van der Waals surface area (Å²) in [5.41, 5.74) is 7.91. The van der Waals surface area contributed by atoms with Crippen molar-refractivity contribution in [2.24, 2.45) is 0 Å². The number of phenolic OH excluding ortho intramolecular Hbond substituents is 2. The standard InChI is InChI=1S/C21H15BrN2O4/c1-9-2-4-10(5-3-9)24-12-8-11(22)19(23)18-15(12)20(27)16-13(25)6-7-14(26)17(16)21(18)28/h2-8,24-26H,23H2,1H3. The zero-order valence-electron chi connectivity index (χ0n) is 14.7. The summed E-state index contributed by atoms with van der Waals surface area (Å²) in [5, 5.41) is 23.5. The summed E-state index contributed by atoms with van der Waals surface area (Å²) in [4.78, 5) is 26.3. The van der Waals surface area contributed by atoms with Crippen molar-refractivity contribution >= 4 is 44.6 Å². The third-order valence-corrected chi connectivity index (χ3v) is 5.37. The van der Waals surface area contributed by atoms with Gasteiger partial charge in [0.2, 0.25) is 11.6 Å². The zero-order chi connectivity index (χ0) is 20.2. The largest absolute Gasteiger partial charge is 0.507 e. The van der Waals surface area contributed by atoms with E-state index in [2.05, 4.69) is 21.2 Å². The first kappa shape index (κ1) is 18.1. The van der Waals surface area contributed by atoms with Gasteiger partial charge in [-0.3, -0.25) is 9.59 Å². The number of hydrogen-bond donors (Lipinski definition) is 4. The van der Waals surface area contributed by atoms with E-state index < -0.39 is 11.6 Å². The fourth-order valence-corrected chi connectivity index (χ4v) is 3.75. The Balaban J connectivity index is 1.97. The molecule has 0 heterocycles. The van der Waals surface area contributed by atoms with E-state index in [-0.39, 0.29) is 39.4 Å². The molecule has 1 aliphatic carbocycles. The van der Waals surface area contributed by atoms with Gasteiger partial charge in [0.1, 0.15) is 11.5 Å². The number of nitrogens with one attached hydrogen (secondary N) is 1. The van der Waals surface area contributed by atoms with Crippen molar-refractivity contribution in [3.8, 4) is 11.5 Å². The van der Waals surface area contributed by atoms with E-state index in [1.54, 1.807) is 6.07 Å². The third kappa shape index (κ3) is 2.63. The Kier molecular flexibility index (Phi) is 4.12. The number of aryl methyl sites for hydroxylation is 1. The molecular weight excluding hydrogens is 424 g/mol. The molecule has 7 heteroatoms. The molecule has 1 aliphatic rings. The van der Waals surface area contributed by atoms with Crippen LogP contribution in [0.4, 0.5) is 17.1 Å². The Morgan fingerprint density at radius 3 is 1.96 bits per heavy atom. The Labute approximate surface area is 168 Å². The summed E-state index contributed by atoms with van der Waals surface area (Å²) in [6.07, 6.45) is 0. The van der Waals surface area contributed by atoms with Crippen molar-refractivity contribution in [1.29, 1.82) is 0 Å². The van der Waals surface area contributed by atoms with Gasteiger partial charge in [-0.15, -0.1) is 0 Å². The van der Waals surface area contributed by atoms with E-state index in [0.29, 0.717) is 10.2 Å². The molecular formula is C21H15BrN2O4. The van der Waals surface area contributed by atoms with Gasteiger partial charge in [0.05, 0.1) is 33.6 Å². The number of fused-ring (bicyclic) bond motifs is 2. The van der Waals surface area contributed by atoms with Gasteiger partial charge in [-0.05, 0) is 53.2 Å². The van der Waals surface area contributed by atoms with Gasteiger partial charge in [-0.25, -0.2) is 0 Å². The van der Waals surface area contributed by atoms with Crippen LogP contribution in [0.3, 0.4) is 0 Å². The minimum atomic E-state index is -0.622. The lowest BCUT2D eigenvalue weighted by Crippen LogP contribution is -2.24. The second kappa shape index (κ2) is 6.38. The number of carbonyl (C=O) groups excluding carboxylic acids is 2. The molecule has 3 aromatic carbocycles. The molecule has 5 N–H and O–H groups in total. The summed E-state index contributed by atoms with van der Waals surface area (Å²) in [5.74, 6) is -1.97. The summed E-state index contributed by atoms with van der Waals surface area (Å²) in [6, 6.07) is 11.5. The van der Waals surface area contributed by atoms with Crippen molar-refractivity contribution in [2.45, 2.75) is 6.92 Å². The zero-order valence-corrected chi connectivity index (χ0v) is 16.3. The number of aromatic hydroxyl groups is 2. The van der Waals surface area contributed by atoms with Gasteiger partial charge in [0.25, 0.3) is 0 Å². The van der Waals surface area contributed by atoms with Gasteiger partial charge in [-0.1, -0.05) is 17.7 Å². The van der Waals surface area contributed by atoms with Crippen LogP contribution in [0.1, 0.15) is 37.4 Å². The Morgan fingerprint density at radius 1 is 0.857 bits per heavy atom. The van der Waals surface area contributed by atoms with Crippen molar-refractivity contribution in [3.05, 3.63) is 74.8 Å². The molecule has 0 aliphatic heterocycles. The van der Waals surface area contributed by atoms with Crippen LogP contribution in [0.15, 0.2) is 46.9 Å². The topological polar surface area (TPSA) is 113 Å². The summed E-state index contributed by atoms with van der Waals surface area (Å²) in [7, 11) is 0. The Morgan fingerprint density at radius 2 is 1.39 bits per heavy atom. The van der Waals surface area contributed by atoms with Crippen molar-refractivity contribution < 1.29 is 19.8 Å². The van der Waals surface area contributed by atoms with Crippen molar-refractivity contribution in [1.82, 2.24) is 0 Å². The summed E-state index contributed by atoms with van der Waals surface area (Å²) >= 11 is 3.33. The predicted octanol–water partition coefficient (Wildman–Crippen LogP) is 4.27. The van der Waals surface area contributed by atoms with Crippen LogP contribution in [-0.4, -0.2) is 21.8 Å². The first-order valence-corrected chi connectivity index (χ1v) is 9.19. The maximum absolute atomic E-state index is 13.2. The SMILES string of the molecule is Cc1ccc(Nc2cc(Br)c(N)c3c2C(=O)c2c(O)ccc(O)c2C3=O)cc1. The first-order chi connectivity index (χ1) is 13.3. The molecule has 0 saturated carbocycles. The molecule has 0 spiro atoms. The monoisotopic (exact) mass is 438 g/mol. The van der Waals surface area contributed by atoms with Gasteiger partial charge in [-0.2, -0.15) is 0 Å². The van der Waals surface area contributed by atoms with Gasteiger partial charge < -0.3 is 21.3 Å². The molecule has 6 nitrogen and oxygen atoms in total. The average Bonchev–Trinajstić information content (AvgIpc) is 2.66. The van der Waals surface area contributed by atoms with Crippen LogP contribution in [0.2, 0.25) is 0 Å². The molecule has 0 radical (unpaired) electrons. The molecule has 0 atom stereocenters. The lowest BCUT2D eigenvalue weighted by Gasteiger charge is -2.24. The van der Waals surface area contributed by atoms with E-state index in [1.165, 1.54) is 12.1 Å². The number of nitrogens with two attached hydrogens (primary N) is 1. The van der Waals surface area contributed by atoms with Gasteiger partial charge in [0, 0.05) is 10.2 Å². The van der Waals surface area contributed by atoms with Crippen LogP contribution in [0.25, 0.3) is 0 Å². The van der Waals surface area contributed by atoms with E-state index in [9.17, 15) is 19.8 Å². The Bertz CT molecular complexity index is 1170. The van der Waals surface area contributed by atoms with Crippen LogP contribution in [0, 0.1) is 6.92 Å². The number of hydrogen-bond acceptors (Lipinski definition) is 6. The first-order valence-electron chi connectivity index (χ1n) is 8.39. The predicted molar refractivity (Wildman–Crippen MR) is 110 cm³/mol. The maximum Gasteiger partial charge on any atom is 0.200 e. The molecule has 4 rings (SSSR count). The molecule has 0 amide bonds. The van der Waals surface area contributed by atoms with E-state index in [4.69, 9.17) is 5.73 Å². The van der Waals surface area contributed by atoms with E-state index in [1.807, 2.05) is 31.2 Å². The molecule has 3 aromatic rings. The fourth-order valence-electron chi connectivity index (χ4n) is 3.32. The minimum absolute atomic E-state index is 0.0117. The van der Waals surface area contributed by atoms with Crippen LogP contribution in [0.5, 0.6) is 11.5 Å². The molecule has 0 bridgehead atoms. The number of anilines is 3. The molecule has 140 valence electrons. The lowest BCUT2D eigenvalue weighted by molar-refractivity contribution is 0.0975.